The average molecular weight is 508 g/mol. The third-order valence-electron chi connectivity index (χ3n) is 5.59. The fourth-order valence-corrected chi connectivity index (χ4v) is 4.11. The van der Waals surface area contributed by atoms with E-state index in [1.54, 1.807) is 26.8 Å². The number of carbonyl (C=O) groups is 3. The Balaban J connectivity index is 2.55. The second kappa shape index (κ2) is 13.1. The van der Waals surface area contributed by atoms with E-state index in [9.17, 15) is 14.4 Å². The molecule has 2 unspecified atom stereocenters. The van der Waals surface area contributed by atoms with Crippen LogP contribution in [0, 0.1) is 13.8 Å². The summed E-state index contributed by atoms with van der Waals surface area (Å²) in [7, 11) is 0. The first-order valence-corrected chi connectivity index (χ1v) is 12.6. The molecule has 2 rings (SSSR count). The first-order valence-electron chi connectivity index (χ1n) is 12.6. The zero-order chi connectivity index (χ0) is 27.8. The minimum absolute atomic E-state index is 0.115. The number of nitrogens with one attached hydrogen (secondary N) is 2. The van der Waals surface area contributed by atoms with E-state index >= 15 is 0 Å². The molecule has 200 valence electrons. The molecule has 0 bridgehead atoms. The van der Waals surface area contributed by atoms with E-state index in [2.05, 4.69) is 17.2 Å². The van der Waals surface area contributed by atoms with Crippen molar-refractivity contribution in [2.45, 2.75) is 78.6 Å². The molecule has 0 heterocycles. The van der Waals surface area contributed by atoms with Crippen LogP contribution in [0.3, 0.4) is 0 Å². The summed E-state index contributed by atoms with van der Waals surface area (Å²) in [5.41, 5.74) is 2.80. The number of nitrogens with zero attached hydrogens (tertiary/aromatic N) is 1. The number of hydrogen-bond acceptors (Lipinski definition) is 4. The Hall–Kier alpha value is -3.61. The van der Waals surface area contributed by atoms with Crippen LogP contribution < -0.4 is 10.6 Å². The summed E-state index contributed by atoms with van der Waals surface area (Å²) >= 11 is 0. The van der Waals surface area contributed by atoms with Gasteiger partial charge in [0.05, 0.1) is 0 Å². The molecule has 2 aromatic rings. The highest BCUT2D eigenvalue weighted by Gasteiger charge is 2.36. The Morgan fingerprint density at radius 1 is 1.03 bits per heavy atom. The number of hydrogen-bond donors (Lipinski definition) is 2. The lowest BCUT2D eigenvalue weighted by atomic mass is 9.95. The van der Waals surface area contributed by atoms with E-state index in [-0.39, 0.29) is 24.9 Å². The topological polar surface area (TPSA) is 87.7 Å². The molecule has 7 heteroatoms. The van der Waals surface area contributed by atoms with Crippen molar-refractivity contribution in [2.75, 3.05) is 6.54 Å². The van der Waals surface area contributed by atoms with Gasteiger partial charge in [-0.05, 0) is 65.2 Å². The van der Waals surface area contributed by atoms with Crippen molar-refractivity contribution >= 4 is 17.9 Å². The highest BCUT2D eigenvalue weighted by Crippen LogP contribution is 2.27. The maximum absolute atomic E-state index is 14.1. The Labute approximate surface area is 221 Å². The van der Waals surface area contributed by atoms with Crippen LogP contribution in [0.1, 0.15) is 62.9 Å². The molecule has 0 saturated heterocycles. The summed E-state index contributed by atoms with van der Waals surface area (Å²) in [5, 5.41) is 5.71. The summed E-state index contributed by atoms with van der Waals surface area (Å²) in [6.45, 7) is 16.9. The number of ether oxygens (including phenoxy) is 1. The molecule has 2 N–H and O–H groups in total. The quantitative estimate of drug-likeness (QED) is 0.442. The fourth-order valence-electron chi connectivity index (χ4n) is 4.11. The average Bonchev–Trinajstić information content (AvgIpc) is 2.78. The largest absolute Gasteiger partial charge is 0.444 e. The van der Waals surface area contributed by atoms with Crippen molar-refractivity contribution in [3.8, 4) is 0 Å². The van der Waals surface area contributed by atoms with E-state index in [1.807, 2.05) is 76.2 Å². The van der Waals surface area contributed by atoms with E-state index < -0.39 is 29.7 Å². The van der Waals surface area contributed by atoms with Crippen LogP contribution >= 0.6 is 0 Å². The monoisotopic (exact) mass is 507 g/mol. The van der Waals surface area contributed by atoms with Gasteiger partial charge in [-0.1, -0.05) is 60.2 Å². The summed E-state index contributed by atoms with van der Waals surface area (Å²) in [6.07, 6.45) is 1.12. The van der Waals surface area contributed by atoms with E-state index in [0.29, 0.717) is 0 Å². The molecular formula is C30H41N3O4. The Morgan fingerprint density at radius 2 is 1.68 bits per heavy atom. The summed E-state index contributed by atoms with van der Waals surface area (Å²) in [5.74, 6) is -0.702. The molecule has 0 spiro atoms. The number of rotatable bonds is 10. The zero-order valence-corrected chi connectivity index (χ0v) is 23.1. The molecule has 0 fully saturated rings. The van der Waals surface area contributed by atoms with E-state index in [4.69, 9.17) is 4.74 Å². The van der Waals surface area contributed by atoms with E-state index in [0.717, 1.165) is 22.3 Å². The van der Waals surface area contributed by atoms with Gasteiger partial charge in [-0.3, -0.25) is 9.59 Å². The summed E-state index contributed by atoms with van der Waals surface area (Å²) < 4.78 is 5.45. The number of alkyl carbamates (subject to hydrolysis) is 1. The molecule has 2 atom stereocenters. The maximum Gasteiger partial charge on any atom is 0.408 e. The molecule has 2 aromatic carbocycles. The lowest BCUT2D eigenvalue weighted by molar-refractivity contribution is -0.142. The van der Waals surface area contributed by atoms with Crippen molar-refractivity contribution in [3.05, 3.63) is 83.4 Å². The molecule has 7 nitrogen and oxygen atoms in total. The van der Waals surface area contributed by atoms with Crippen LogP contribution in [0.15, 0.2) is 61.2 Å². The van der Waals surface area contributed by atoms with E-state index in [1.165, 1.54) is 4.90 Å². The fraction of sp³-hybridized carbons (Fsp3) is 0.433. The molecule has 3 amide bonds. The first kappa shape index (κ1) is 29.6. The molecule has 0 radical (unpaired) electrons. The third-order valence-corrected chi connectivity index (χ3v) is 5.59. The third kappa shape index (κ3) is 9.08. The normalized spacial score (nSPS) is 12.9. The van der Waals surface area contributed by atoms with Crippen molar-refractivity contribution in [1.82, 2.24) is 15.5 Å². The second-order valence-electron chi connectivity index (χ2n) is 10.6. The SMILES string of the molecule is C=CCN(C(=O)C(Cc1ccccc1)NC(=O)OC(C)(C)C)C(C(=O)NC(C)C)c1ccc(C)cc1C. The van der Waals surface area contributed by atoms with Crippen LogP contribution in [0.25, 0.3) is 0 Å². The zero-order valence-electron chi connectivity index (χ0n) is 23.1. The van der Waals surface area contributed by atoms with Gasteiger partial charge in [0.2, 0.25) is 11.8 Å². The summed E-state index contributed by atoms with van der Waals surface area (Å²) in [6, 6.07) is 13.2. The molecule has 0 aliphatic heterocycles. The molecule has 0 aliphatic carbocycles. The van der Waals surface area contributed by atoms with Gasteiger partial charge < -0.3 is 20.3 Å². The van der Waals surface area contributed by atoms with Gasteiger partial charge >= 0.3 is 6.09 Å². The molecule has 0 aliphatic rings. The first-order chi connectivity index (χ1) is 17.3. The molecule has 0 saturated carbocycles. The minimum Gasteiger partial charge on any atom is -0.444 e. The van der Waals surface area contributed by atoms with Gasteiger partial charge in [0.25, 0.3) is 0 Å². The Morgan fingerprint density at radius 3 is 2.22 bits per heavy atom. The van der Waals surface area contributed by atoms with Gasteiger partial charge in [-0.15, -0.1) is 6.58 Å². The predicted octanol–water partition coefficient (Wildman–Crippen LogP) is 5.02. The van der Waals surface area contributed by atoms with Gasteiger partial charge in [-0.2, -0.15) is 0 Å². The van der Waals surface area contributed by atoms with Gasteiger partial charge in [0.15, 0.2) is 0 Å². The lowest BCUT2D eigenvalue weighted by Crippen LogP contribution is -2.54. The van der Waals surface area contributed by atoms with Gasteiger partial charge in [0, 0.05) is 19.0 Å². The number of amides is 3. The van der Waals surface area contributed by atoms with Crippen molar-refractivity contribution in [1.29, 1.82) is 0 Å². The number of benzene rings is 2. The minimum atomic E-state index is -0.961. The van der Waals surface area contributed by atoms with Crippen molar-refractivity contribution in [3.63, 3.8) is 0 Å². The standard InChI is InChI=1S/C30H41N3O4/c1-9-17-33(26(27(34)31-20(2)3)24-16-15-21(4)18-22(24)5)28(35)25(19-23-13-11-10-12-14-23)32-29(36)37-30(6,7)8/h9-16,18,20,25-26H,1,17,19H2,2-8H3,(H,31,34)(H,32,36). The lowest BCUT2D eigenvalue weighted by Gasteiger charge is -2.35. The number of aryl methyl sites for hydroxylation is 2. The van der Waals surface area contributed by atoms with Crippen LogP contribution in [-0.4, -0.2) is 47.0 Å². The van der Waals surface area contributed by atoms with Crippen molar-refractivity contribution in [2.24, 2.45) is 0 Å². The smallest absolute Gasteiger partial charge is 0.408 e. The Bertz CT molecular complexity index is 1090. The maximum atomic E-state index is 14.1. The Kier molecular flexibility index (Phi) is 10.5. The molecule has 37 heavy (non-hydrogen) atoms. The van der Waals surface area contributed by atoms with Crippen LogP contribution in [-0.2, 0) is 20.7 Å². The molecule has 0 aromatic heterocycles. The van der Waals surface area contributed by atoms with Crippen LogP contribution in [0.4, 0.5) is 4.79 Å². The highest BCUT2D eigenvalue weighted by atomic mass is 16.6. The van der Waals surface area contributed by atoms with Gasteiger partial charge in [-0.25, -0.2) is 4.79 Å². The molecular weight excluding hydrogens is 466 g/mol. The number of carbonyl (C=O) groups excluding carboxylic acids is 3. The summed E-state index contributed by atoms with van der Waals surface area (Å²) in [4.78, 5) is 41.9. The predicted molar refractivity (Wildman–Crippen MR) is 147 cm³/mol. The van der Waals surface area contributed by atoms with Crippen molar-refractivity contribution < 1.29 is 19.1 Å². The van der Waals surface area contributed by atoms with Crippen LogP contribution in [0.2, 0.25) is 0 Å². The highest BCUT2D eigenvalue weighted by molar-refractivity contribution is 5.92. The van der Waals surface area contributed by atoms with Crippen LogP contribution in [0.5, 0.6) is 0 Å². The van der Waals surface area contributed by atoms with Gasteiger partial charge in [0.1, 0.15) is 17.7 Å². The second-order valence-corrected chi connectivity index (χ2v) is 10.6.